The fraction of sp³-hybridized carbons (Fsp3) is 0.909. The lowest BCUT2D eigenvalue weighted by atomic mass is 9.49. The molecule has 2 amide bonds. The first-order chi connectivity index (χ1) is 12.6. The van der Waals surface area contributed by atoms with Crippen LogP contribution >= 0.6 is 0 Å². The Bertz CT molecular complexity index is 547. The van der Waals surface area contributed by atoms with Crippen molar-refractivity contribution in [2.24, 2.45) is 35.0 Å². The molecule has 26 heavy (non-hydrogen) atoms. The van der Waals surface area contributed by atoms with E-state index >= 15 is 0 Å². The molecule has 5 saturated carbocycles. The Balaban J connectivity index is 1.11. The molecule has 144 valence electrons. The summed E-state index contributed by atoms with van der Waals surface area (Å²) in [5.41, 5.74) is 0.333. The third-order valence-corrected chi connectivity index (χ3v) is 8.05. The third-order valence-electron chi connectivity index (χ3n) is 8.05. The van der Waals surface area contributed by atoms with Gasteiger partial charge in [0.05, 0.1) is 0 Å². The van der Waals surface area contributed by atoms with Gasteiger partial charge in [-0.1, -0.05) is 0 Å². The molecule has 1 atom stereocenters. The minimum Gasteiger partial charge on any atom is -0.356 e. The fourth-order valence-corrected chi connectivity index (χ4v) is 7.19. The first kappa shape index (κ1) is 17.1. The van der Waals surface area contributed by atoms with Gasteiger partial charge in [-0.3, -0.25) is 9.59 Å². The summed E-state index contributed by atoms with van der Waals surface area (Å²) in [4.78, 5) is 27.1. The summed E-state index contributed by atoms with van der Waals surface area (Å²) in [6, 6.07) is 0. The van der Waals surface area contributed by atoms with Crippen molar-refractivity contribution in [2.75, 3.05) is 19.6 Å². The van der Waals surface area contributed by atoms with Crippen LogP contribution < -0.4 is 5.32 Å². The van der Waals surface area contributed by atoms with Gasteiger partial charge in [0.15, 0.2) is 0 Å². The van der Waals surface area contributed by atoms with E-state index in [4.69, 9.17) is 0 Å². The highest BCUT2D eigenvalue weighted by Gasteiger charge is 2.51. The van der Waals surface area contributed by atoms with E-state index in [0.717, 1.165) is 69.5 Å². The Morgan fingerprint density at radius 3 is 2.23 bits per heavy atom. The monoisotopic (exact) mass is 358 g/mol. The number of nitrogens with one attached hydrogen (secondary N) is 1. The summed E-state index contributed by atoms with van der Waals surface area (Å²) in [7, 11) is 0. The van der Waals surface area contributed by atoms with Crippen LogP contribution in [0.1, 0.15) is 70.6 Å². The molecular formula is C22H34N2O2. The number of rotatable bonds is 5. The molecule has 4 heteroatoms. The van der Waals surface area contributed by atoms with E-state index in [-0.39, 0.29) is 5.91 Å². The average Bonchev–Trinajstić information content (AvgIpc) is 3.43. The van der Waals surface area contributed by atoms with Gasteiger partial charge in [0.25, 0.3) is 0 Å². The Morgan fingerprint density at radius 2 is 1.62 bits per heavy atom. The smallest absolute Gasteiger partial charge is 0.225 e. The van der Waals surface area contributed by atoms with Gasteiger partial charge >= 0.3 is 0 Å². The zero-order chi connectivity index (χ0) is 17.7. The largest absolute Gasteiger partial charge is 0.356 e. The summed E-state index contributed by atoms with van der Waals surface area (Å²) in [5.74, 6) is 4.15. The lowest BCUT2D eigenvalue weighted by molar-refractivity contribution is -0.134. The molecule has 0 aromatic rings. The standard InChI is InChI=1S/C22H34N2O2/c25-20(12-22-9-16-6-17(10-22)8-18(7-16)11-22)23-13-15-2-1-5-24(14-15)21(26)19-3-4-19/h15-19H,1-14H2,(H,23,25). The van der Waals surface area contributed by atoms with Crippen LogP contribution in [0.3, 0.4) is 0 Å². The molecule has 0 aromatic heterocycles. The van der Waals surface area contributed by atoms with Crippen LogP contribution in [0.2, 0.25) is 0 Å². The van der Waals surface area contributed by atoms with Crippen molar-refractivity contribution in [3.63, 3.8) is 0 Å². The maximum atomic E-state index is 12.7. The molecule has 1 unspecified atom stereocenters. The normalized spacial score (nSPS) is 41.3. The zero-order valence-electron chi connectivity index (χ0n) is 16.0. The van der Waals surface area contributed by atoms with E-state index in [1.807, 2.05) is 0 Å². The summed E-state index contributed by atoms with van der Waals surface area (Å²) in [6.45, 7) is 2.54. The van der Waals surface area contributed by atoms with Crippen LogP contribution in [-0.4, -0.2) is 36.3 Å². The van der Waals surface area contributed by atoms with Gasteiger partial charge in [-0.05, 0) is 93.3 Å². The molecular weight excluding hydrogens is 324 g/mol. The van der Waals surface area contributed by atoms with E-state index < -0.39 is 0 Å². The van der Waals surface area contributed by atoms with Crippen molar-refractivity contribution in [1.82, 2.24) is 10.2 Å². The van der Waals surface area contributed by atoms with Crippen molar-refractivity contribution in [2.45, 2.75) is 70.6 Å². The molecule has 6 fully saturated rings. The van der Waals surface area contributed by atoms with Crippen molar-refractivity contribution < 1.29 is 9.59 Å². The second-order valence-corrected chi connectivity index (χ2v) is 10.5. The number of likely N-dealkylation sites (tertiary alicyclic amines) is 1. The number of carbonyl (C=O) groups excluding carboxylic acids is 2. The first-order valence-corrected chi connectivity index (χ1v) is 11.1. The van der Waals surface area contributed by atoms with Crippen molar-refractivity contribution >= 4 is 11.8 Å². The van der Waals surface area contributed by atoms with Crippen molar-refractivity contribution in [3.05, 3.63) is 0 Å². The molecule has 5 aliphatic carbocycles. The molecule has 1 aliphatic heterocycles. The molecule has 6 aliphatic rings. The number of hydrogen-bond donors (Lipinski definition) is 1. The Morgan fingerprint density at radius 1 is 0.962 bits per heavy atom. The molecule has 1 N–H and O–H groups in total. The van der Waals surface area contributed by atoms with Gasteiger partial charge in [0.1, 0.15) is 0 Å². The number of nitrogens with zero attached hydrogens (tertiary/aromatic N) is 1. The number of piperidine rings is 1. The maximum absolute atomic E-state index is 12.7. The second-order valence-electron chi connectivity index (χ2n) is 10.5. The van der Waals surface area contributed by atoms with E-state index in [9.17, 15) is 9.59 Å². The van der Waals surface area contributed by atoms with Gasteiger partial charge < -0.3 is 10.2 Å². The van der Waals surface area contributed by atoms with Crippen LogP contribution in [0.5, 0.6) is 0 Å². The first-order valence-electron chi connectivity index (χ1n) is 11.1. The maximum Gasteiger partial charge on any atom is 0.225 e. The molecule has 0 radical (unpaired) electrons. The zero-order valence-corrected chi connectivity index (χ0v) is 16.0. The Labute approximate surface area is 157 Å². The molecule has 1 saturated heterocycles. The second kappa shape index (κ2) is 6.53. The van der Waals surface area contributed by atoms with Gasteiger partial charge in [-0.2, -0.15) is 0 Å². The van der Waals surface area contributed by atoms with Crippen LogP contribution in [0.25, 0.3) is 0 Å². The minimum atomic E-state index is 0.276. The molecule has 6 rings (SSSR count). The van der Waals surface area contributed by atoms with Crippen molar-refractivity contribution in [1.29, 1.82) is 0 Å². The van der Waals surface area contributed by atoms with E-state index in [0.29, 0.717) is 23.2 Å². The topological polar surface area (TPSA) is 49.4 Å². The average molecular weight is 359 g/mol. The molecule has 4 nitrogen and oxygen atoms in total. The molecule has 0 aromatic carbocycles. The van der Waals surface area contributed by atoms with Crippen LogP contribution in [-0.2, 0) is 9.59 Å². The van der Waals surface area contributed by atoms with Gasteiger partial charge in [0.2, 0.25) is 11.8 Å². The van der Waals surface area contributed by atoms with Crippen LogP contribution in [0.15, 0.2) is 0 Å². The summed E-state index contributed by atoms with van der Waals surface area (Å²) < 4.78 is 0. The summed E-state index contributed by atoms with van der Waals surface area (Å²) >= 11 is 0. The fourth-order valence-electron chi connectivity index (χ4n) is 7.19. The number of hydrogen-bond acceptors (Lipinski definition) is 2. The summed E-state index contributed by atoms with van der Waals surface area (Å²) in [5, 5.41) is 3.25. The Kier molecular flexibility index (Phi) is 4.28. The highest BCUT2D eigenvalue weighted by atomic mass is 16.2. The number of carbonyl (C=O) groups is 2. The van der Waals surface area contributed by atoms with Crippen LogP contribution in [0, 0.1) is 35.0 Å². The molecule has 4 bridgehead atoms. The lowest BCUT2D eigenvalue weighted by Gasteiger charge is -2.56. The van der Waals surface area contributed by atoms with Gasteiger partial charge in [-0.15, -0.1) is 0 Å². The lowest BCUT2D eigenvalue weighted by Crippen LogP contribution is -2.49. The predicted octanol–water partition coefficient (Wildman–Crippen LogP) is 3.36. The van der Waals surface area contributed by atoms with Gasteiger partial charge in [-0.25, -0.2) is 0 Å². The van der Waals surface area contributed by atoms with Crippen LogP contribution in [0.4, 0.5) is 0 Å². The molecule has 0 spiro atoms. The van der Waals surface area contributed by atoms with E-state index in [1.54, 1.807) is 0 Å². The SMILES string of the molecule is O=C(CC12CC3CC(CC(C3)C1)C2)NCC1CCCN(C(=O)C2CC2)C1. The van der Waals surface area contributed by atoms with E-state index in [1.165, 1.54) is 38.5 Å². The third kappa shape index (κ3) is 3.41. The molecule has 1 heterocycles. The quantitative estimate of drug-likeness (QED) is 0.819. The van der Waals surface area contributed by atoms with Crippen molar-refractivity contribution in [3.8, 4) is 0 Å². The Hall–Kier alpha value is -1.06. The highest BCUT2D eigenvalue weighted by molar-refractivity contribution is 5.81. The summed E-state index contributed by atoms with van der Waals surface area (Å²) in [6.07, 6.45) is 13.4. The predicted molar refractivity (Wildman–Crippen MR) is 100 cm³/mol. The van der Waals surface area contributed by atoms with Gasteiger partial charge in [0, 0.05) is 32.0 Å². The highest BCUT2D eigenvalue weighted by Crippen LogP contribution is 2.61. The minimum absolute atomic E-state index is 0.276. The van der Waals surface area contributed by atoms with E-state index in [2.05, 4.69) is 10.2 Å². The number of amides is 2.